The van der Waals surface area contributed by atoms with Crippen LogP contribution >= 0.6 is 0 Å². The van der Waals surface area contributed by atoms with E-state index in [1.54, 1.807) is 12.1 Å². The van der Waals surface area contributed by atoms with E-state index in [1.807, 2.05) is 0 Å². The molecule has 5 rings (SSSR count). The summed E-state index contributed by atoms with van der Waals surface area (Å²) in [7, 11) is 0. The van der Waals surface area contributed by atoms with Gasteiger partial charge < -0.3 is 29.9 Å². The molecule has 1 aliphatic heterocycles. The molecule has 0 atom stereocenters. The molecule has 0 spiro atoms. The number of aromatic carboxylic acids is 4. The standard InChI is InChI=1S/C29H12O10/c30-26(31)20-7-14-1-2-15-8-21(27(32)33)23(29(36)37)10-17(15)4-6-19-12-25-24(38-13-39-25)11-18(19)5-3-16(14)9-22(20)28(34)35/h7-12H,13H2,(H,30,31)(H,32,33)(H,34,35)(H,36,37). The number of benzene rings is 3. The monoisotopic (exact) mass is 520 g/mol. The number of carboxylic acid groups (broad SMARTS) is 4. The van der Waals surface area contributed by atoms with Gasteiger partial charge in [-0.05, 0) is 24.3 Å². The van der Waals surface area contributed by atoms with Gasteiger partial charge in [0.25, 0.3) is 0 Å². The molecule has 10 heteroatoms. The lowest BCUT2D eigenvalue weighted by Crippen LogP contribution is -2.10. The summed E-state index contributed by atoms with van der Waals surface area (Å²) in [6.45, 7) is -0.0293. The average Bonchev–Trinajstić information content (AvgIpc) is 3.35. The third-order valence-corrected chi connectivity index (χ3v) is 5.75. The molecule has 0 amide bonds. The van der Waals surface area contributed by atoms with Crippen LogP contribution < -0.4 is 9.47 Å². The Morgan fingerprint density at radius 3 is 0.923 bits per heavy atom. The highest BCUT2D eigenvalue weighted by Gasteiger charge is 2.21. The molecule has 2 aliphatic rings. The normalized spacial score (nSPS) is 11.7. The maximum Gasteiger partial charge on any atom is 0.336 e. The molecular weight excluding hydrogens is 508 g/mol. The van der Waals surface area contributed by atoms with E-state index in [4.69, 9.17) is 9.47 Å². The number of hydrogen-bond donors (Lipinski definition) is 4. The number of carbonyl (C=O) groups is 4. The lowest BCUT2D eigenvalue weighted by atomic mass is 9.95. The SMILES string of the molecule is O=C(O)c1cc2c(cc1C(=O)O)C#Cc1cc(C(=O)O)c(C(=O)O)cc1C#Cc1cc3c(cc1C#C2)OCO3. The van der Waals surface area contributed by atoms with E-state index in [2.05, 4.69) is 35.5 Å². The minimum absolute atomic E-state index is 0.0293. The van der Waals surface area contributed by atoms with Gasteiger partial charge in [-0.15, -0.1) is 0 Å². The van der Waals surface area contributed by atoms with E-state index in [9.17, 15) is 39.6 Å². The molecule has 0 fully saturated rings. The Bertz CT molecular complexity index is 1730. The van der Waals surface area contributed by atoms with Crippen molar-refractivity contribution in [3.05, 3.63) is 92.0 Å². The van der Waals surface area contributed by atoms with Crippen LogP contribution in [0, 0.1) is 35.5 Å². The first-order chi connectivity index (χ1) is 18.6. The van der Waals surface area contributed by atoms with Crippen molar-refractivity contribution in [3.63, 3.8) is 0 Å². The minimum atomic E-state index is -1.50. The van der Waals surface area contributed by atoms with Crippen LogP contribution in [0.4, 0.5) is 0 Å². The molecule has 188 valence electrons. The summed E-state index contributed by atoms with van der Waals surface area (Å²) < 4.78 is 10.8. The summed E-state index contributed by atoms with van der Waals surface area (Å²) in [5.41, 5.74) is -1.09. The van der Waals surface area contributed by atoms with Gasteiger partial charge >= 0.3 is 23.9 Å². The third-order valence-electron chi connectivity index (χ3n) is 5.75. The molecule has 0 radical (unpaired) electrons. The van der Waals surface area contributed by atoms with Crippen LogP contribution in [0.5, 0.6) is 11.5 Å². The maximum atomic E-state index is 11.8. The molecule has 1 heterocycles. The summed E-state index contributed by atoms with van der Waals surface area (Å²) in [6.07, 6.45) is 0. The Balaban J connectivity index is 1.87. The van der Waals surface area contributed by atoms with Crippen molar-refractivity contribution >= 4 is 23.9 Å². The van der Waals surface area contributed by atoms with Crippen LogP contribution in [0.25, 0.3) is 0 Å². The smallest absolute Gasteiger partial charge is 0.336 e. The lowest BCUT2D eigenvalue weighted by molar-refractivity contribution is 0.0651. The molecule has 0 saturated heterocycles. The van der Waals surface area contributed by atoms with E-state index in [0.29, 0.717) is 22.6 Å². The zero-order valence-electron chi connectivity index (χ0n) is 19.4. The predicted octanol–water partition coefficient (Wildman–Crippen LogP) is 2.72. The van der Waals surface area contributed by atoms with Crippen molar-refractivity contribution in [1.82, 2.24) is 0 Å². The molecule has 4 N–H and O–H groups in total. The first-order valence-corrected chi connectivity index (χ1v) is 10.9. The molecule has 3 aromatic rings. The molecule has 0 aromatic heterocycles. The van der Waals surface area contributed by atoms with Crippen molar-refractivity contribution in [2.45, 2.75) is 0 Å². The molecule has 1 aliphatic carbocycles. The van der Waals surface area contributed by atoms with Crippen molar-refractivity contribution in [2.24, 2.45) is 0 Å². The lowest BCUT2D eigenvalue weighted by Gasteiger charge is -2.07. The summed E-state index contributed by atoms with van der Waals surface area (Å²) in [5.74, 6) is 11.7. The molecule has 0 unspecified atom stereocenters. The van der Waals surface area contributed by atoms with Crippen LogP contribution in [-0.4, -0.2) is 51.1 Å². The van der Waals surface area contributed by atoms with Gasteiger partial charge in [-0.2, -0.15) is 0 Å². The summed E-state index contributed by atoms with van der Waals surface area (Å²) >= 11 is 0. The third kappa shape index (κ3) is 4.55. The molecule has 39 heavy (non-hydrogen) atoms. The Labute approximate surface area is 219 Å². The van der Waals surface area contributed by atoms with Crippen LogP contribution in [0.2, 0.25) is 0 Å². The van der Waals surface area contributed by atoms with Gasteiger partial charge in [0.05, 0.1) is 22.3 Å². The second-order valence-corrected chi connectivity index (χ2v) is 8.11. The van der Waals surface area contributed by atoms with Crippen molar-refractivity contribution in [1.29, 1.82) is 0 Å². The number of hydrogen-bond acceptors (Lipinski definition) is 6. The highest BCUT2D eigenvalue weighted by molar-refractivity contribution is 6.03. The highest BCUT2D eigenvalue weighted by Crippen LogP contribution is 2.34. The molecular formula is C29H12O10. The Morgan fingerprint density at radius 2 is 0.692 bits per heavy atom. The maximum absolute atomic E-state index is 11.8. The highest BCUT2D eigenvalue weighted by atomic mass is 16.7. The second kappa shape index (κ2) is 9.36. The fraction of sp³-hybridized carbons (Fsp3) is 0.0345. The largest absolute Gasteiger partial charge is 0.478 e. The number of fused-ring (bicyclic) bond motifs is 4. The topological polar surface area (TPSA) is 168 Å². The fourth-order valence-corrected chi connectivity index (χ4v) is 3.87. The number of ether oxygens (including phenoxy) is 2. The number of carboxylic acids is 4. The van der Waals surface area contributed by atoms with Gasteiger partial charge in [0.2, 0.25) is 6.79 Å². The predicted molar refractivity (Wildman–Crippen MR) is 131 cm³/mol. The van der Waals surface area contributed by atoms with E-state index >= 15 is 0 Å². The first kappa shape index (κ1) is 24.5. The summed E-state index contributed by atoms with van der Waals surface area (Å²) in [6, 6.07) is 7.43. The van der Waals surface area contributed by atoms with E-state index in [1.165, 1.54) is 0 Å². The zero-order valence-corrected chi connectivity index (χ0v) is 19.4. The van der Waals surface area contributed by atoms with Crippen molar-refractivity contribution in [2.75, 3.05) is 6.79 Å². The minimum Gasteiger partial charge on any atom is -0.478 e. The summed E-state index contributed by atoms with van der Waals surface area (Å²) in [5, 5.41) is 38.3. The van der Waals surface area contributed by atoms with Gasteiger partial charge in [0.1, 0.15) is 0 Å². The molecule has 10 nitrogen and oxygen atoms in total. The van der Waals surface area contributed by atoms with Crippen LogP contribution in [0.3, 0.4) is 0 Å². The molecule has 3 aromatic carbocycles. The van der Waals surface area contributed by atoms with E-state index in [-0.39, 0.29) is 29.0 Å². The Hall–Kier alpha value is -6.18. The van der Waals surface area contributed by atoms with Crippen LogP contribution in [0.1, 0.15) is 74.8 Å². The Kier molecular flexibility index (Phi) is 5.88. The van der Waals surface area contributed by atoms with Crippen molar-refractivity contribution < 1.29 is 49.1 Å². The van der Waals surface area contributed by atoms with E-state index in [0.717, 1.165) is 24.3 Å². The van der Waals surface area contributed by atoms with Crippen molar-refractivity contribution in [3.8, 4) is 47.0 Å². The second-order valence-electron chi connectivity index (χ2n) is 8.11. The van der Waals surface area contributed by atoms with E-state index < -0.39 is 46.1 Å². The van der Waals surface area contributed by atoms with Gasteiger partial charge in [-0.1, -0.05) is 35.5 Å². The van der Waals surface area contributed by atoms with Crippen LogP contribution in [0.15, 0.2) is 36.4 Å². The van der Waals surface area contributed by atoms with Gasteiger partial charge in [-0.25, -0.2) is 19.2 Å². The Morgan fingerprint density at radius 1 is 0.462 bits per heavy atom. The van der Waals surface area contributed by atoms with Gasteiger partial charge in [-0.3, -0.25) is 0 Å². The number of rotatable bonds is 4. The molecule has 0 saturated carbocycles. The summed E-state index contributed by atoms with van der Waals surface area (Å²) in [4.78, 5) is 47.1. The van der Waals surface area contributed by atoms with Crippen LogP contribution in [-0.2, 0) is 0 Å². The zero-order chi connectivity index (χ0) is 27.8. The van der Waals surface area contributed by atoms with Gasteiger partial charge in [0, 0.05) is 45.5 Å². The first-order valence-electron chi connectivity index (χ1n) is 10.9. The van der Waals surface area contributed by atoms with Gasteiger partial charge in [0.15, 0.2) is 11.5 Å². The quantitative estimate of drug-likeness (QED) is 0.294. The fourth-order valence-electron chi connectivity index (χ4n) is 3.87. The average molecular weight is 520 g/mol. The molecule has 0 bridgehead atoms.